The molecule has 2 aromatic heterocycles. The average molecular weight is 416 g/mol. The van der Waals surface area contributed by atoms with Crippen molar-refractivity contribution in [3.8, 4) is 0 Å². The van der Waals surface area contributed by atoms with Gasteiger partial charge in [0.25, 0.3) is 0 Å². The van der Waals surface area contributed by atoms with Crippen molar-refractivity contribution in [1.82, 2.24) is 18.5 Å². The average Bonchev–Trinajstić information content (AvgIpc) is 3.02. The van der Waals surface area contributed by atoms with E-state index in [4.69, 9.17) is 4.74 Å². The van der Waals surface area contributed by atoms with E-state index in [2.05, 4.69) is 5.10 Å². The number of esters is 1. The molecule has 0 spiro atoms. The SMILES string of the molecule is CCOC(=O)Cn1nc2ccc(S(=O)(=O)N3CCc4ccccc4C3)cn2c1=O. The van der Waals surface area contributed by atoms with Crippen LogP contribution in [0, 0.1) is 0 Å². The number of rotatable bonds is 5. The molecule has 0 unspecified atom stereocenters. The molecule has 10 heteroatoms. The highest BCUT2D eigenvalue weighted by atomic mass is 32.2. The summed E-state index contributed by atoms with van der Waals surface area (Å²) < 4.78 is 34.6. The van der Waals surface area contributed by atoms with Gasteiger partial charge in [-0.1, -0.05) is 24.3 Å². The highest BCUT2D eigenvalue weighted by Crippen LogP contribution is 2.24. The zero-order valence-electron chi connectivity index (χ0n) is 15.8. The van der Waals surface area contributed by atoms with Crippen LogP contribution < -0.4 is 5.69 Å². The van der Waals surface area contributed by atoms with Crippen LogP contribution in [-0.4, -0.2) is 46.0 Å². The van der Waals surface area contributed by atoms with Crippen LogP contribution in [0.15, 0.2) is 52.3 Å². The van der Waals surface area contributed by atoms with Crippen LogP contribution in [0.25, 0.3) is 5.65 Å². The van der Waals surface area contributed by atoms with Gasteiger partial charge in [0, 0.05) is 19.3 Å². The molecular weight excluding hydrogens is 396 g/mol. The highest BCUT2D eigenvalue weighted by Gasteiger charge is 2.29. The Labute approximate surface area is 167 Å². The molecule has 3 heterocycles. The molecule has 3 aromatic rings. The van der Waals surface area contributed by atoms with E-state index >= 15 is 0 Å². The van der Waals surface area contributed by atoms with E-state index in [0.717, 1.165) is 20.2 Å². The van der Waals surface area contributed by atoms with Crippen LogP contribution >= 0.6 is 0 Å². The number of pyridine rings is 1. The molecule has 0 fully saturated rings. The summed E-state index contributed by atoms with van der Waals surface area (Å²) in [6.45, 7) is 2.18. The molecule has 0 saturated carbocycles. The number of hydrogen-bond acceptors (Lipinski definition) is 6. The molecule has 0 aliphatic carbocycles. The third kappa shape index (κ3) is 3.56. The van der Waals surface area contributed by atoms with E-state index < -0.39 is 21.7 Å². The molecule has 0 N–H and O–H groups in total. The van der Waals surface area contributed by atoms with Crippen LogP contribution in [0.1, 0.15) is 18.1 Å². The largest absolute Gasteiger partial charge is 0.465 e. The molecule has 0 radical (unpaired) electrons. The lowest BCUT2D eigenvalue weighted by Gasteiger charge is -2.28. The second-order valence-electron chi connectivity index (χ2n) is 6.70. The first kappa shape index (κ1) is 19.3. The first-order valence-corrected chi connectivity index (χ1v) is 10.7. The van der Waals surface area contributed by atoms with Gasteiger partial charge in [0.05, 0.1) is 11.5 Å². The van der Waals surface area contributed by atoms with Gasteiger partial charge in [0.2, 0.25) is 10.0 Å². The second kappa shape index (κ2) is 7.45. The van der Waals surface area contributed by atoms with E-state index in [-0.39, 0.29) is 30.2 Å². The molecule has 4 rings (SSSR count). The first-order chi connectivity index (χ1) is 13.9. The number of benzene rings is 1. The van der Waals surface area contributed by atoms with Crippen LogP contribution in [-0.2, 0) is 39.1 Å². The number of aromatic nitrogens is 3. The Kier molecular flexibility index (Phi) is 4.97. The van der Waals surface area contributed by atoms with E-state index in [9.17, 15) is 18.0 Å². The number of sulfonamides is 1. The summed E-state index contributed by atoms with van der Waals surface area (Å²) in [6, 6.07) is 10.6. The minimum absolute atomic E-state index is 0.00201. The normalized spacial score (nSPS) is 14.7. The van der Waals surface area contributed by atoms with Gasteiger partial charge in [0.15, 0.2) is 5.65 Å². The quantitative estimate of drug-likeness (QED) is 0.570. The minimum atomic E-state index is -3.79. The first-order valence-electron chi connectivity index (χ1n) is 9.22. The molecule has 0 bridgehead atoms. The van der Waals surface area contributed by atoms with Crippen LogP contribution in [0.2, 0.25) is 0 Å². The van der Waals surface area contributed by atoms with Gasteiger partial charge in [-0.05, 0) is 36.6 Å². The summed E-state index contributed by atoms with van der Waals surface area (Å²) in [5.41, 5.74) is 1.77. The molecule has 9 nitrogen and oxygen atoms in total. The van der Waals surface area contributed by atoms with Crippen molar-refractivity contribution in [3.05, 3.63) is 64.2 Å². The fourth-order valence-electron chi connectivity index (χ4n) is 3.41. The van der Waals surface area contributed by atoms with Crippen molar-refractivity contribution in [3.63, 3.8) is 0 Å². The molecule has 0 amide bonds. The summed E-state index contributed by atoms with van der Waals surface area (Å²) in [6.07, 6.45) is 1.89. The smallest absolute Gasteiger partial charge is 0.350 e. The maximum absolute atomic E-state index is 13.1. The predicted molar refractivity (Wildman–Crippen MR) is 104 cm³/mol. The number of fused-ring (bicyclic) bond motifs is 2. The van der Waals surface area contributed by atoms with Crippen LogP contribution in [0.3, 0.4) is 0 Å². The molecule has 0 saturated heterocycles. The Balaban J connectivity index is 1.66. The standard InChI is InChI=1S/C19H20N4O5S/c1-2-28-18(24)13-23-19(25)22-12-16(7-8-17(22)20-23)29(26,27)21-10-9-14-5-3-4-6-15(14)11-21/h3-8,12H,2,9-11,13H2,1H3. The monoisotopic (exact) mass is 416 g/mol. The lowest BCUT2D eigenvalue weighted by Crippen LogP contribution is -2.36. The van der Waals surface area contributed by atoms with Gasteiger partial charge < -0.3 is 4.74 Å². The predicted octanol–water partition coefficient (Wildman–Crippen LogP) is 0.806. The Bertz CT molecular complexity index is 1240. The highest BCUT2D eigenvalue weighted by molar-refractivity contribution is 7.89. The third-order valence-electron chi connectivity index (χ3n) is 4.87. The lowest BCUT2D eigenvalue weighted by molar-refractivity contribution is -0.144. The van der Waals surface area contributed by atoms with Gasteiger partial charge in [-0.25, -0.2) is 22.3 Å². The van der Waals surface area contributed by atoms with Gasteiger partial charge in [-0.3, -0.25) is 4.79 Å². The zero-order chi connectivity index (χ0) is 20.6. The molecule has 1 aliphatic heterocycles. The molecule has 0 atom stereocenters. The van der Waals surface area contributed by atoms with Crippen molar-refractivity contribution in [2.24, 2.45) is 0 Å². The Morgan fingerprint density at radius 2 is 1.93 bits per heavy atom. The van der Waals surface area contributed by atoms with Crippen LogP contribution in [0.4, 0.5) is 0 Å². The molecule has 1 aliphatic rings. The van der Waals surface area contributed by atoms with Crippen molar-refractivity contribution in [2.75, 3.05) is 13.2 Å². The third-order valence-corrected chi connectivity index (χ3v) is 6.70. The summed E-state index contributed by atoms with van der Waals surface area (Å²) in [5.74, 6) is -0.585. The molecule has 1 aromatic carbocycles. The van der Waals surface area contributed by atoms with E-state index in [1.165, 1.54) is 22.6 Å². The topological polar surface area (TPSA) is 103 Å². The summed E-state index contributed by atoms with van der Waals surface area (Å²) >= 11 is 0. The van der Waals surface area contributed by atoms with E-state index in [0.29, 0.717) is 13.0 Å². The Morgan fingerprint density at radius 1 is 1.17 bits per heavy atom. The van der Waals surface area contributed by atoms with Gasteiger partial charge in [0.1, 0.15) is 6.54 Å². The Hall–Kier alpha value is -2.98. The van der Waals surface area contributed by atoms with Gasteiger partial charge in [-0.2, -0.15) is 4.31 Å². The number of nitrogens with zero attached hydrogens (tertiary/aromatic N) is 4. The maximum atomic E-state index is 13.1. The van der Waals surface area contributed by atoms with E-state index in [1.54, 1.807) is 6.92 Å². The number of ether oxygens (including phenoxy) is 1. The molecule has 29 heavy (non-hydrogen) atoms. The zero-order valence-corrected chi connectivity index (χ0v) is 16.6. The second-order valence-corrected chi connectivity index (χ2v) is 8.63. The molecule has 152 valence electrons. The maximum Gasteiger partial charge on any atom is 0.350 e. The summed E-state index contributed by atoms with van der Waals surface area (Å²) in [4.78, 5) is 24.2. The number of hydrogen-bond donors (Lipinski definition) is 0. The minimum Gasteiger partial charge on any atom is -0.465 e. The summed E-state index contributed by atoms with van der Waals surface area (Å²) in [7, 11) is -3.79. The van der Waals surface area contributed by atoms with Crippen LogP contribution in [0.5, 0.6) is 0 Å². The number of carbonyl (C=O) groups excluding carboxylic acids is 1. The summed E-state index contributed by atoms with van der Waals surface area (Å²) in [5, 5.41) is 4.06. The van der Waals surface area contributed by atoms with E-state index in [1.807, 2.05) is 24.3 Å². The Morgan fingerprint density at radius 3 is 2.69 bits per heavy atom. The lowest BCUT2D eigenvalue weighted by atomic mass is 10.0. The van der Waals surface area contributed by atoms with Crippen molar-refractivity contribution in [2.45, 2.75) is 31.3 Å². The van der Waals surface area contributed by atoms with Gasteiger partial charge in [-0.15, -0.1) is 5.10 Å². The van der Waals surface area contributed by atoms with Gasteiger partial charge >= 0.3 is 11.7 Å². The van der Waals surface area contributed by atoms with Crippen molar-refractivity contribution < 1.29 is 17.9 Å². The number of carbonyl (C=O) groups is 1. The fraction of sp³-hybridized carbons (Fsp3) is 0.316. The molecular formula is C19H20N4O5S. The van der Waals surface area contributed by atoms with Crippen molar-refractivity contribution in [1.29, 1.82) is 0 Å². The van der Waals surface area contributed by atoms with Crippen molar-refractivity contribution >= 4 is 21.6 Å². The fourth-order valence-corrected chi connectivity index (χ4v) is 4.82.